The predicted octanol–water partition coefficient (Wildman–Crippen LogP) is 5.12. The fourth-order valence-electron chi connectivity index (χ4n) is 3.73. The first-order chi connectivity index (χ1) is 16.0. The molecule has 0 unspecified atom stereocenters. The van der Waals surface area contributed by atoms with E-state index in [2.05, 4.69) is 0 Å². The molecule has 0 amide bonds. The van der Waals surface area contributed by atoms with Gasteiger partial charge in [-0.1, -0.05) is 24.3 Å². The Morgan fingerprint density at radius 2 is 1.55 bits per heavy atom. The minimum Gasteiger partial charge on any atom is -0.493 e. The van der Waals surface area contributed by atoms with Crippen molar-refractivity contribution in [2.45, 2.75) is 0 Å². The summed E-state index contributed by atoms with van der Waals surface area (Å²) in [6.07, 6.45) is 3.39. The standard InChI is InChI=1S/C26H23FN2O4/c1-31-23-11-16(12-24(32-2)26(23)33-3)25(30)21-15-29(18-8-6-7-17(28)13-18)14-20(21)19-9-4-5-10-22(19)27/h4-15H,28H2,1-3H3. The summed E-state index contributed by atoms with van der Waals surface area (Å²) < 4.78 is 32.6. The number of halogens is 1. The Hall–Kier alpha value is -4.26. The second-order valence-corrected chi connectivity index (χ2v) is 7.31. The number of anilines is 1. The molecule has 0 aliphatic carbocycles. The highest BCUT2D eigenvalue weighted by molar-refractivity contribution is 6.13. The number of hydrogen-bond donors (Lipinski definition) is 1. The van der Waals surface area contributed by atoms with Crippen molar-refractivity contribution in [3.8, 4) is 34.1 Å². The lowest BCUT2D eigenvalue weighted by Gasteiger charge is -2.14. The molecule has 0 aliphatic rings. The van der Waals surface area contributed by atoms with Crippen LogP contribution in [-0.4, -0.2) is 31.7 Å². The first-order valence-corrected chi connectivity index (χ1v) is 10.1. The number of ether oxygens (including phenoxy) is 3. The van der Waals surface area contributed by atoms with Gasteiger partial charge in [0.15, 0.2) is 17.3 Å². The van der Waals surface area contributed by atoms with Gasteiger partial charge in [-0.15, -0.1) is 0 Å². The quantitative estimate of drug-likeness (QED) is 0.315. The average Bonchev–Trinajstić information content (AvgIpc) is 3.28. The van der Waals surface area contributed by atoms with Crippen molar-refractivity contribution in [3.63, 3.8) is 0 Å². The summed E-state index contributed by atoms with van der Waals surface area (Å²) in [5, 5.41) is 0. The van der Waals surface area contributed by atoms with Crippen molar-refractivity contribution in [3.05, 3.63) is 90.0 Å². The first kappa shape index (κ1) is 22.0. The van der Waals surface area contributed by atoms with E-state index in [4.69, 9.17) is 19.9 Å². The number of methoxy groups -OCH3 is 3. The maximum absolute atomic E-state index is 14.7. The summed E-state index contributed by atoms with van der Waals surface area (Å²) in [6.45, 7) is 0. The molecule has 0 bridgehead atoms. The number of hydrogen-bond acceptors (Lipinski definition) is 5. The van der Waals surface area contributed by atoms with E-state index in [0.717, 1.165) is 5.69 Å². The van der Waals surface area contributed by atoms with Gasteiger partial charge in [0.1, 0.15) is 5.82 Å². The molecule has 0 saturated carbocycles. The topological polar surface area (TPSA) is 75.7 Å². The zero-order valence-corrected chi connectivity index (χ0v) is 18.5. The minimum atomic E-state index is -0.429. The normalized spacial score (nSPS) is 10.7. The van der Waals surface area contributed by atoms with Crippen LogP contribution in [0.25, 0.3) is 16.8 Å². The number of nitrogens with two attached hydrogens (primary N) is 1. The molecule has 2 N–H and O–H groups in total. The summed E-state index contributed by atoms with van der Waals surface area (Å²) >= 11 is 0. The fourth-order valence-corrected chi connectivity index (χ4v) is 3.73. The number of ketones is 1. The number of rotatable bonds is 7. The third-order valence-corrected chi connectivity index (χ3v) is 5.33. The third-order valence-electron chi connectivity index (χ3n) is 5.33. The van der Waals surface area contributed by atoms with Crippen LogP contribution in [0.3, 0.4) is 0 Å². The van der Waals surface area contributed by atoms with Crippen molar-refractivity contribution < 1.29 is 23.4 Å². The number of carbonyl (C=O) groups is 1. The zero-order valence-electron chi connectivity index (χ0n) is 18.5. The van der Waals surface area contributed by atoms with E-state index in [1.54, 1.807) is 59.4 Å². The van der Waals surface area contributed by atoms with Crippen molar-refractivity contribution in [1.82, 2.24) is 4.57 Å². The third kappa shape index (κ3) is 4.13. The fraction of sp³-hybridized carbons (Fsp3) is 0.115. The Balaban J connectivity index is 1.91. The van der Waals surface area contributed by atoms with Crippen LogP contribution in [0.1, 0.15) is 15.9 Å². The molecule has 4 aromatic rings. The van der Waals surface area contributed by atoms with Crippen molar-refractivity contribution in [1.29, 1.82) is 0 Å². The monoisotopic (exact) mass is 446 g/mol. The first-order valence-electron chi connectivity index (χ1n) is 10.1. The van der Waals surface area contributed by atoms with Crippen LogP contribution < -0.4 is 19.9 Å². The van der Waals surface area contributed by atoms with E-state index >= 15 is 0 Å². The highest BCUT2D eigenvalue weighted by Gasteiger charge is 2.23. The second-order valence-electron chi connectivity index (χ2n) is 7.31. The van der Waals surface area contributed by atoms with Crippen molar-refractivity contribution in [2.24, 2.45) is 0 Å². The average molecular weight is 446 g/mol. The lowest BCUT2D eigenvalue weighted by atomic mass is 9.97. The second kappa shape index (κ2) is 9.08. The number of nitrogen functional groups attached to an aromatic ring is 1. The SMILES string of the molecule is COc1cc(C(=O)c2cn(-c3cccc(N)c3)cc2-c2ccccc2F)cc(OC)c1OC. The van der Waals surface area contributed by atoms with E-state index in [0.29, 0.717) is 45.2 Å². The van der Waals surface area contributed by atoms with Gasteiger partial charge in [-0.2, -0.15) is 0 Å². The molecular weight excluding hydrogens is 423 g/mol. The molecule has 0 saturated heterocycles. The zero-order chi connectivity index (χ0) is 23.5. The van der Waals surface area contributed by atoms with Gasteiger partial charge in [-0.05, 0) is 36.4 Å². The Morgan fingerprint density at radius 1 is 0.848 bits per heavy atom. The summed E-state index contributed by atoms with van der Waals surface area (Å²) in [5.74, 6) is 0.325. The maximum atomic E-state index is 14.7. The van der Waals surface area contributed by atoms with Crippen LogP contribution in [0.5, 0.6) is 17.2 Å². The molecule has 0 fully saturated rings. The van der Waals surface area contributed by atoms with Gasteiger partial charge in [-0.3, -0.25) is 4.79 Å². The molecule has 1 heterocycles. The van der Waals surface area contributed by atoms with Crippen LogP contribution in [0.4, 0.5) is 10.1 Å². The molecule has 6 nitrogen and oxygen atoms in total. The Labute approximate surface area is 190 Å². The lowest BCUT2D eigenvalue weighted by Crippen LogP contribution is -2.05. The van der Waals surface area contributed by atoms with Crippen LogP contribution in [0, 0.1) is 5.82 Å². The summed E-state index contributed by atoms with van der Waals surface area (Å²) in [4.78, 5) is 13.7. The Morgan fingerprint density at radius 3 is 2.15 bits per heavy atom. The van der Waals surface area contributed by atoms with Crippen LogP contribution in [-0.2, 0) is 0 Å². The summed E-state index contributed by atoms with van der Waals surface area (Å²) in [5.41, 5.74) is 8.66. The summed E-state index contributed by atoms with van der Waals surface area (Å²) in [7, 11) is 4.45. The van der Waals surface area contributed by atoms with Gasteiger partial charge in [0, 0.05) is 46.0 Å². The summed E-state index contributed by atoms with van der Waals surface area (Å²) in [6, 6.07) is 16.7. The van der Waals surface area contributed by atoms with Gasteiger partial charge in [0.05, 0.1) is 21.3 Å². The van der Waals surface area contributed by atoms with E-state index < -0.39 is 5.82 Å². The molecule has 0 radical (unpaired) electrons. The van der Waals surface area contributed by atoms with Gasteiger partial charge in [-0.25, -0.2) is 4.39 Å². The maximum Gasteiger partial charge on any atom is 0.203 e. The van der Waals surface area contributed by atoms with E-state index in [-0.39, 0.29) is 5.78 Å². The molecule has 7 heteroatoms. The highest BCUT2D eigenvalue weighted by atomic mass is 19.1. The number of aromatic nitrogens is 1. The van der Waals surface area contributed by atoms with E-state index in [1.807, 2.05) is 12.1 Å². The van der Waals surface area contributed by atoms with Gasteiger partial charge < -0.3 is 24.5 Å². The molecule has 33 heavy (non-hydrogen) atoms. The number of nitrogens with zero attached hydrogens (tertiary/aromatic N) is 1. The van der Waals surface area contributed by atoms with Crippen LogP contribution in [0.2, 0.25) is 0 Å². The lowest BCUT2D eigenvalue weighted by molar-refractivity contribution is 0.103. The van der Waals surface area contributed by atoms with Gasteiger partial charge >= 0.3 is 0 Å². The minimum absolute atomic E-state index is 0.312. The molecule has 0 aliphatic heterocycles. The van der Waals surface area contributed by atoms with Crippen molar-refractivity contribution >= 4 is 11.5 Å². The highest BCUT2D eigenvalue weighted by Crippen LogP contribution is 2.39. The molecular formula is C26H23FN2O4. The molecule has 1 aromatic heterocycles. The molecule has 168 valence electrons. The molecule has 3 aromatic carbocycles. The number of benzene rings is 3. The molecule has 4 rings (SSSR count). The van der Waals surface area contributed by atoms with Crippen LogP contribution in [0.15, 0.2) is 73.1 Å². The van der Waals surface area contributed by atoms with Crippen molar-refractivity contribution in [2.75, 3.05) is 27.1 Å². The van der Waals surface area contributed by atoms with E-state index in [9.17, 15) is 9.18 Å². The van der Waals surface area contributed by atoms with Gasteiger partial charge in [0.25, 0.3) is 0 Å². The smallest absolute Gasteiger partial charge is 0.203 e. The number of carbonyl (C=O) groups excluding carboxylic acids is 1. The Bertz CT molecular complexity index is 1300. The van der Waals surface area contributed by atoms with Crippen LogP contribution >= 0.6 is 0 Å². The largest absolute Gasteiger partial charge is 0.493 e. The Kier molecular flexibility index (Phi) is 6.04. The predicted molar refractivity (Wildman–Crippen MR) is 125 cm³/mol. The molecule has 0 atom stereocenters. The molecule has 0 spiro atoms. The van der Waals surface area contributed by atoms with E-state index in [1.165, 1.54) is 27.4 Å². The van der Waals surface area contributed by atoms with Gasteiger partial charge in [0.2, 0.25) is 5.75 Å².